The van der Waals surface area contributed by atoms with E-state index in [-0.39, 0.29) is 17.1 Å². The Morgan fingerprint density at radius 1 is 1.33 bits per heavy atom. The zero-order valence-electron chi connectivity index (χ0n) is 11.2. The van der Waals surface area contributed by atoms with E-state index < -0.39 is 0 Å². The van der Waals surface area contributed by atoms with E-state index in [2.05, 4.69) is 6.92 Å². The average molecular weight is 248 g/mol. The minimum absolute atomic E-state index is 0.0415. The molecule has 0 heterocycles. The summed E-state index contributed by atoms with van der Waals surface area (Å²) in [4.78, 5) is 11.1. The second-order valence-electron chi connectivity index (χ2n) is 4.33. The number of aromatic hydroxyl groups is 2. The van der Waals surface area contributed by atoms with Crippen LogP contribution in [0.4, 0.5) is 0 Å². The number of phenolic OH excluding ortho intramolecular Hbond substituents is 2. The quantitative estimate of drug-likeness (QED) is 0.781. The van der Waals surface area contributed by atoms with E-state index in [0.717, 1.165) is 18.4 Å². The maximum atomic E-state index is 11.1. The van der Waals surface area contributed by atoms with Gasteiger partial charge in [0.05, 0.1) is 5.56 Å². The monoisotopic (exact) mass is 248 g/mol. The van der Waals surface area contributed by atoms with Crippen molar-refractivity contribution in [2.24, 2.45) is 0 Å². The number of unbranched alkanes of at least 4 members (excludes halogenated alkanes) is 1. The molecule has 0 aliphatic rings. The molecule has 18 heavy (non-hydrogen) atoms. The van der Waals surface area contributed by atoms with Crippen LogP contribution in [-0.2, 0) is 6.42 Å². The summed E-state index contributed by atoms with van der Waals surface area (Å²) in [6.07, 6.45) is 5.05. The van der Waals surface area contributed by atoms with Gasteiger partial charge in [0.2, 0.25) is 0 Å². The van der Waals surface area contributed by atoms with Gasteiger partial charge < -0.3 is 10.2 Å². The number of phenols is 2. The van der Waals surface area contributed by atoms with Crippen molar-refractivity contribution >= 4 is 11.9 Å². The van der Waals surface area contributed by atoms with E-state index >= 15 is 0 Å². The van der Waals surface area contributed by atoms with Crippen molar-refractivity contribution in [3.63, 3.8) is 0 Å². The summed E-state index contributed by atoms with van der Waals surface area (Å²) in [7, 11) is 0. The maximum absolute atomic E-state index is 11.1. The van der Waals surface area contributed by atoms with Gasteiger partial charge in [0.1, 0.15) is 11.5 Å². The molecule has 0 atom stereocenters. The molecule has 1 rings (SSSR count). The third kappa shape index (κ3) is 2.73. The highest BCUT2D eigenvalue weighted by atomic mass is 16.3. The summed E-state index contributed by atoms with van der Waals surface area (Å²) < 4.78 is 0. The molecule has 0 aromatic heterocycles. The molecular formula is C15H20O3. The topological polar surface area (TPSA) is 57.5 Å². The third-order valence-electron chi connectivity index (χ3n) is 3.06. The molecule has 3 heteroatoms. The highest BCUT2D eigenvalue weighted by Gasteiger charge is 2.16. The fraction of sp³-hybridized carbons (Fsp3) is 0.400. The van der Waals surface area contributed by atoms with Crippen molar-refractivity contribution in [1.29, 1.82) is 0 Å². The third-order valence-corrected chi connectivity index (χ3v) is 3.06. The second kappa shape index (κ2) is 6.24. The van der Waals surface area contributed by atoms with E-state index in [0.29, 0.717) is 23.8 Å². The van der Waals surface area contributed by atoms with Gasteiger partial charge in [-0.1, -0.05) is 26.3 Å². The number of aldehydes is 1. The average Bonchev–Trinajstić information content (AvgIpc) is 2.35. The zero-order chi connectivity index (χ0) is 13.7. The minimum Gasteiger partial charge on any atom is -0.508 e. The van der Waals surface area contributed by atoms with Crippen LogP contribution in [0.3, 0.4) is 0 Å². The first-order valence-electron chi connectivity index (χ1n) is 6.26. The van der Waals surface area contributed by atoms with Crippen molar-refractivity contribution < 1.29 is 15.0 Å². The summed E-state index contributed by atoms with van der Waals surface area (Å²) >= 11 is 0. The lowest BCUT2D eigenvalue weighted by Gasteiger charge is -2.13. The van der Waals surface area contributed by atoms with Crippen LogP contribution >= 0.6 is 0 Å². The number of hydrogen-bond donors (Lipinski definition) is 2. The van der Waals surface area contributed by atoms with Crippen molar-refractivity contribution in [2.75, 3.05) is 0 Å². The first-order chi connectivity index (χ1) is 8.56. The Morgan fingerprint density at radius 3 is 2.50 bits per heavy atom. The van der Waals surface area contributed by atoms with Crippen molar-refractivity contribution in [3.8, 4) is 11.5 Å². The van der Waals surface area contributed by atoms with Crippen LogP contribution in [0, 0.1) is 0 Å². The number of benzene rings is 1. The molecule has 0 unspecified atom stereocenters. The van der Waals surface area contributed by atoms with E-state index in [4.69, 9.17) is 0 Å². The first-order valence-corrected chi connectivity index (χ1v) is 6.26. The van der Waals surface area contributed by atoms with Crippen LogP contribution in [0.15, 0.2) is 12.1 Å². The van der Waals surface area contributed by atoms with Crippen molar-refractivity contribution in [3.05, 3.63) is 28.8 Å². The normalized spacial score (nSPS) is 11.6. The fourth-order valence-corrected chi connectivity index (χ4v) is 1.98. The molecule has 0 fully saturated rings. The van der Waals surface area contributed by atoms with Gasteiger partial charge in [0, 0.05) is 5.56 Å². The van der Waals surface area contributed by atoms with E-state index in [9.17, 15) is 15.0 Å². The summed E-state index contributed by atoms with van der Waals surface area (Å²) in [5.74, 6) is -0.0633. The lowest BCUT2D eigenvalue weighted by Crippen LogP contribution is -1.96. The Balaban J connectivity index is 3.41. The number of hydrogen-bond acceptors (Lipinski definition) is 3. The highest BCUT2D eigenvalue weighted by Crippen LogP contribution is 2.36. The van der Waals surface area contributed by atoms with E-state index in [1.807, 2.05) is 19.9 Å². The smallest absolute Gasteiger partial charge is 0.154 e. The SMILES string of the molecule is CCC/C=C(\C)c1cc(O)c(CC)c(O)c1C=O. The van der Waals surface area contributed by atoms with Crippen LogP contribution < -0.4 is 0 Å². The summed E-state index contributed by atoms with van der Waals surface area (Å²) in [6.45, 7) is 5.77. The molecule has 0 spiro atoms. The summed E-state index contributed by atoms with van der Waals surface area (Å²) in [5.41, 5.74) is 2.18. The molecule has 0 aliphatic carbocycles. The van der Waals surface area contributed by atoms with Gasteiger partial charge in [-0.05, 0) is 37.0 Å². The number of carbonyl (C=O) groups is 1. The van der Waals surface area contributed by atoms with Gasteiger partial charge in [0.25, 0.3) is 0 Å². The molecule has 0 saturated heterocycles. The summed E-state index contributed by atoms with van der Waals surface area (Å²) in [6, 6.07) is 1.56. The van der Waals surface area contributed by atoms with E-state index in [1.54, 1.807) is 6.07 Å². The maximum Gasteiger partial charge on any atom is 0.154 e. The van der Waals surface area contributed by atoms with Crippen molar-refractivity contribution in [2.45, 2.75) is 40.0 Å². The van der Waals surface area contributed by atoms with Gasteiger partial charge in [-0.25, -0.2) is 0 Å². The molecule has 0 aliphatic heterocycles. The molecule has 0 saturated carbocycles. The largest absolute Gasteiger partial charge is 0.508 e. The molecular weight excluding hydrogens is 228 g/mol. The Hall–Kier alpha value is -1.77. The van der Waals surface area contributed by atoms with Gasteiger partial charge in [0.15, 0.2) is 6.29 Å². The molecule has 1 aromatic carbocycles. The lowest BCUT2D eigenvalue weighted by molar-refractivity contribution is 0.112. The zero-order valence-corrected chi connectivity index (χ0v) is 11.2. The van der Waals surface area contributed by atoms with Gasteiger partial charge >= 0.3 is 0 Å². The van der Waals surface area contributed by atoms with Crippen LogP contribution in [0.25, 0.3) is 5.57 Å². The fourth-order valence-electron chi connectivity index (χ4n) is 1.98. The van der Waals surface area contributed by atoms with Crippen molar-refractivity contribution in [1.82, 2.24) is 0 Å². The van der Waals surface area contributed by atoms with Crippen LogP contribution in [-0.4, -0.2) is 16.5 Å². The van der Waals surface area contributed by atoms with Gasteiger partial charge in [-0.15, -0.1) is 0 Å². The predicted octanol–water partition coefficient (Wildman–Crippen LogP) is 3.68. The van der Waals surface area contributed by atoms with Crippen LogP contribution in [0.5, 0.6) is 11.5 Å². The second-order valence-corrected chi connectivity index (χ2v) is 4.33. The Bertz CT molecular complexity index is 473. The number of rotatable bonds is 5. The Labute approximate surface area is 108 Å². The first kappa shape index (κ1) is 14.3. The Morgan fingerprint density at radius 2 is 2.00 bits per heavy atom. The van der Waals surface area contributed by atoms with Gasteiger partial charge in [-0.3, -0.25) is 4.79 Å². The Kier molecular flexibility index (Phi) is 4.95. The number of allylic oxidation sites excluding steroid dienone is 2. The minimum atomic E-state index is -0.105. The lowest BCUT2D eigenvalue weighted by atomic mass is 9.95. The molecule has 0 amide bonds. The molecule has 98 valence electrons. The van der Waals surface area contributed by atoms with Crippen LogP contribution in [0.1, 0.15) is 55.1 Å². The summed E-state index contributed by atoms with van der Waals surface area (Å²) in [5, 5.41) is 19.9. The molecule has 3 nitrogen and oxygen atoms in total. The molecule has 0 radical (unpaired) electrons. The van der Waals surface area contributed by atoms with E-state index in [1.165, 1.54) is 0 Å². The molecule has 1 aromatic rings. The van der Waals surface area contributed by atoms with Gasteiger partial charge in [-0.2, -0.15) is 0 Å². The standard InChI is InChI=1S/C15H20O3/c1-4-6-7-10(3)12-8-14(17)11(5-2)15(18)13(12)9-16/h7-9,17-18H,4-6H2,1-3H3/b10-7+. The number of carbonyl (C=O) groups excluding carboxylic acids is 1. The predicted molar refractivity (Wildman–Crippen MR) is 73.1 cm³/mol. The van der Waals surface area contributed by atoms with Crippen LogP contribution in [0.2, 0.25) is 0 Å². The molecule has 0 bridgehead atoms. The highest BCUT2D eigenvalue weighted by molar-refractivity contribution is 5.90. The molecule has 2 N–H and O–H groups in total.